The van der Waals surface area contributed by atoms with Crippen LogP contribution in [-0.4, -0.2) is 22.1 Å². The first-order valence-corrected chi connectivity index (χ1v) is 5.47. The van der Waals surface area contributed by atoms with E-state index < -0.39 is 5.97 Å². The molecule has 0 aliphatic heterocycles. The zero-order valence-corrected chi connectivity index (χ0v) is 8.49. The second kappa shape index (κ2) is 3.69. The summed E-state index contributed by atoms with van der Waals surface area (Å²) in [5.41, 5.74) is -0.318. The van der Waals surface area contributed by atoms with E-state index >= 15 is 0 Å². The number of carbonyl (C=O) groups is 1. The number of carboxylic acid groups (broad SMARTS) is 1. The van der Waals surface area contributed by atoms with Gasteiger partial charge in [0.05, 0.1) is 5.41 Å². The molecule has 1 saturated carbocycles. The highest BCUT2D eigenvalue weighted by Crippen LogP contribution is 2.49. The highest BCUT2D eigenvalue weighted by Gasteiger charge is 2.49. The lowest BCUT2D eigenvalue weighted by Gasteiger charge is -2.09. The van der Waals surface area contributed by atoms with Gasteiger partial charge < -0.3 is 5.11 Å². The molecular weight excluding hydrogens is 172 g/mol. The molecule has 0 aromatic rings. The Morgan fingerprint density at radius 1 is 1.58 bits per heavy atom. The molecule has 1 aliphatic rings. The van der Waals surface area contributed by atoms with Crippen molar-refractivity contribution in [1.82, 2.24) is 0 Å². The van der Waals surface area contributed by atoms with Crippen molar-refractivity contribution in [3.63, 3.8) is 0 Å². The standard InChI is InChI=1S/C9H16O2S/c1-7(2)12-6-5-9(3-4-9)8(10)11/h7H,3-6H2,1-2H3,(H,10,11). The lowest BCUT2D eigenvalue weighted by molar-refractivity contribution is -0.143. The Bertz CT molecular complexity index is 173. The highest BCUT2D eigenvalue weighted by molar-refractivity contribution is 7.99. The van der Waals surface area contributed by atoms with Gasteiger partial charge in [0.25, 0.3) is 0 Å². The summed E-state index contributed by atoms with van der Waals surface area (Å²) in [5.74, 6) is 0.399. The van der Waals surface area contributed by atoms with Crippen molar-refractivity contribution in [2.45, 2.75) is 38.4 Å². The molecule has 1 N–H and O–H groups in total. The number of hydrogen-bond acceptors (Lipinski definition) is 2. The maximum Gasteiger partial charge on any atom is 0.309 e. The molecule has 0 bridgehead atoms. The van der Waals surface area contributed by atoms with E-state index in [0.29, 0.717) is 5.25 Å². The number of hydrogen-bond donors (Lipinski definition) is 1. The minimum absolute atomic E-state index is 0.318. The van der Waals surface area contributed by atoms with Crippen LogP contribution >= 0.6 is 11.8 Å². The molecular formula is C9H16O2S. The van der Waals surface area contributed by atoms with Gasteiger partial charge in [-0.05, 0) is 30.3 Å². The van der Waals surface area contributed by atoms with Crippen LogP contribution in [0.25, 0.3) is 0 Å². The summed E-state index contributed by atoms with van der Waals surface area (Å²) in [6.45, 7) is 4.29. The molecule has 1 aliphatic carbocycles. The monoisotopic (exact) mass is 188 g/mol. The van der Waals surface area contributed by atoms with Crippen LogP contribution in [0.3, 0.4) is 0 Å². The number of thioether (sulfide) groups is 1. The lowest BCUT2D eigenvalue weighted by Crippen LogP contribution is -2.15. The molecule has 0 spiro atoms. The summed E-state index contributed by atoms with van der Waals surface area (Å²) in [4.78, 5) is 10.7. The Kier molecular flexibility index (Phi) is 3.04. The fourth-order valence-corrected chi connectivity index (χ4v) is 2.19. The minimum Gasteiger partial charge on any atom is -0.481 e. The van der Waals surface area contributed by atoms with Crippen molar-refractivity contribution in [3.8, 4) is 0 Å². The Morgan fingerprint density at radius 3 is 2.50 bits per heavy atom. The molecule has 3 heteroatoms. The molecule has 70 valence electrons. The third kappa shape index (κ3) is 2.41. The van der Waals surface area contributed by atoms with Crippen LogP contribution in [0, 0.1) is 5.41 Å². The van der Waals surface area contributed by atoms with Crippen LogP contribution < -0.4 is 0 Å². The summed E-state index contributed by atoms with van der Waals surface area (Å²) in [6, 6.07) is 0. The zero-order chi connectivity index (χ0) is 9.19. The first-order chi connectivity index (χ1) is 5.57. The van der Waals surface area contributed by atoms with Gasteiger partial charge in [0.2, 0.25) is 0 Å². The minimum atomic E-state index is -0.591. The molecule has 1 fully saturated rings. The molecule has 0 atom stereocenters. The average molecular weight is 188 g/mol. The summed E-state index contributed by atoms with van der Waals surface area (Å²) in [5, 5.41) is 9.48. The van der Waals surface area contributed by atoms with Crippen molar-refractivity contribution in [2.24, 2.45) is 5.41 Å². The number of carboxylic acids is 1. The Hall–Kier alpha value is -0.180. The normalized spacial score (nSPS) is 19.6. The molecule has 0 amide bonds. The van der Waals surface area contributed by atoms with Crippen LogP contribution in [0.5, 0.6) is 0 Å². The Balaban J connectivity index is 2.19. The summed E-state index contributed by atoms with van der Waals surface area (Å²) >= 11 is 1.85. The van der Waals surface area contributed by atoms with Crippen molar-refractivity contribution < 1.29 is 9.90 Å². The molecule has 0 aromatic carbocycles. The predicted molar refractivity (Wildman–Crippen MR) is 51.5 cm³/mol. The van der Waals surface area contributed by atoms with Crippen molar-refractivity contribution in [2.75, 3.05) is 5.75 Å². The van der Waals surface area contributed by atoms with E-state index in [1.165, 1.54) is 0 Å². The van der Waals surface area contributed by atoms with E-state index in [0.717, 1.165) is 25.0 Å². The van der Waals surface area contributed by atoms with Gasteiger partial charge in [0.1, 0.15) is 0 Å². The lowest BCUT2D eigenvalue weighted by atomic mass is 10.1. The van der Waals surface area contributed by atoms with Crippen LogP contribution in [-0.2, 0) is 4.79 Å². The van der Waals surface area contributed by atoms with Gasteiger partial charge in [-0.15, -0.1) is 0 Å². The van der Waals surface area contributed by atoms with Gasteiger partial charge in [-0.2, -0.15) is 11.8 Å². The molecule has 0 unspecified atom stereocenters. The van der Waals surface area contributed by atoms with Gasteiger partial charge in [-0.25, -0.2) is 0 Å². The van der Waals surface area contributed by atoms with Crippen LogP contribution in [0.2, 0.25) is 0 Å². The van der Waals surface area contributed by atoms with Crippen molar-refractivity contribution in [3.05, 3.63) is 0 Å². The average Bonchev–Trinajstić information content (AvgIpc) is 2.68. The van der Waals surface area contributed by atoms with E-state index in [4.69, 9.17) is 5.11 Å². The second-order valence-electron chi connectivity index (χ2n) is 3.76. The van der Waals surface area contributed by atoms with E-state index in [2.05, 4.69) is 13.8 Å². The molecule has 0 radical (unpaired) electrons. The van der Waals surface area contributed by atoms with E-state index in [1.807, 2.05) is 11.8 Å². The number of rotatable bonds is 5. The molecule has 12 heavy (non-hydrogen) atoms. The summed E-state index contributed by atoms with van der Waals surface area (Å²) in [7, 11) is 0. The van der Waals surface area contributed by atoms with Gasteiger partial charge in [0, 0.05) is 0 Å². The molecule has 1 rings (SSSR count). The first kappa shape index (κ1) is 9.90. The molecule has 0 saturated heterocycles. The van der Waals surface area contributed by atoms with E-state index in [1.54, 1.807) is 0 Å². The quantitative estimate of drug-likeness (QED) is 0.719. The smallest absolute Gasteiger partial charge is 0.309 e. The van der Waals surface area contributed by atoms with Gasteiger partial charge in [-0.1, -0.05) is 13.8 Å². The van der Waals surface area contributed by atoms with Gasteiger partial charge in [-0.3, -0.25) is 4.79 Å². The summed E-state index contributed by atoms with van der Waals surface area (Å²) < 4.78 is 0. The molecule has 0 aromatic heterocycles. The van der Waals surface area contributed by atoms with Crippen LogP contribution in [0.1, 0.15) is 33.1 Å². The first-order valence-electron chi connectivity index (χ1n) is 4.42. The van der Waals surface area contributed by atoms with Crippen LogP contribution in [0.15, 0.2) is 0 Å². The molecule has 0 heterocycles. The number of aliphatic carboxylic acids is 1. The maximum absolute atomic E-state index is 10.7. The third-order valence-corrected chi connectivity index (χ3v) is 3.45. The fourth-order valence-electron chi connectivity index (χ4n) is 1.21. The van der Waals surface area contributed by atoms with E-state index in [9.17, 15) is 4.79 Å². The Labute approximate surface area is 77.7 Å². The largest absolute Gasteiger partial charge is 0.481 e. The second-order valence-corrected chi connectivity index (χ2v) is 5.44. The van der Waals surface area contributed by atoms with Crippen molar-refractivity contribution >= 4 is 17.7 Å². The fraction of sp³-hybridized carbons (Fsp3) is 0.889. The highest BCUT2D eigenvalue weighted by atomic mass is 32.2. The SMILES string of the molecule is CC(C)SCCC1(C(=O)O)CC1. The Morgan fingerprint density at radius 2 is 2.17 bits per heavy atom. The summed E-state index contributed by atoms with van der Waals surface area (Å²) in [6.07, 6.45) is 2.63. The van der Waals surface area contributed by atoms with E-state index in [-0.39, 0.29) is 5.41 Å². The third-order valence-electron chi connectivity index (χ3n) is 2.34. The topological polar surface area (TPSA) is 37.3 Å². The zero-order valence-electron chi connectivity index (χ0n) is 7.67. The predicted octanol–water partition coefficient (Wildman–Crippen LogP) is 2.38. The maximum atomic E-state index is 10.7. The van der Waals surface area contributed by atoms with Gasteiger partial charge >= 0.3 is 5.97 Å². The van der Waals surface area contributed by atoms with Gasteiger partial charge in [0.15, 0.2) is 0 Å². The van der Waals surface area contributed by atoms with Crippen LogP contribution in [0.4, 0.5) is 0 Å². The van der Waals surface area contributed by atoms with Crippen molar-refractivity contribution in [1.29, 1.82) is 0 Å². The molecule has 2 nitrogen and oxygen atoms in total.